The van der Waals surface area contributed by atoms with Gasteiger partial charge in [0.05, 0.1) is 5.39 Å². The number of fused-ring (bicyclic) bond motifs is 1. The zero-order valence-electron chi connectivity index (χ0n) is 16.6. The first-order chi connectivity index (χ1) is 15.7. The highest BCUT2D eigenvalue weighted by molar-refractivity contribution is 5.90. The molecule has 158 valence electrons. The van der Waals surface area contributed by atoms with E-state index >= 15 is 0 Å². The van der Waals surface area contributed by atoms with Crippen molar-refractivity contribution in [1.29, 1.82) is 0 Å². The standard InChI is InChI=1S/C24H16F2N4O2/c25-17-8-11-21(20(26)12-17)32-24-27-13-19-22(29-30-23(19)28-24)16-6-9-18(10-7-16)31-14-15-4-2-1-3-5-15/h1-13H,14H2,(H,27,28,29,30). The molecule has 2 aromatic heterocycles. The third-order valence-corrected chi connectivity index (χ3v) is 4.77. The van der Waals surface area contributed by atoms with Crippen LogP contribution in [0.15, 0.2) is 79.0 Å². The number of rotatable bonds is 6. The number of halogens is 2. The van der Waals surface area contributed by atoms with Gasteiger partial charge in [0.15, 0.2) is 17.2 Å². The lowest BCUT2D eigenvalue weighted by atomic mass is 10.1. The van der Waals surface area contributed by atoms with E-state index in [0.29, 0.717) is 23.3 Å². The van der Waals surface area contributed by atoms with Crippen molar-refractivity contribution in [1.82, 2.24) is 20.2 Å². The first-order valence-corrected chi connectivity index (χ1v) is 9.77. The second-order valence-electron chi connectivity index (χ2n) is 6.96. The maximum absolute atomic E-state index is 13.8. The molecule has 0 spiro atoms. The molecule has 6 nitrogen and oxygen atoms in total. The van der Waals surface area contributed by atoms with Gasteiger partial charge >= 0.3 is 6.01 Å². The number of benzene rings is 3. The Hall–Kier alpha value is -4.33. The maximum atomic E-state index is 13.8. The summed E-state index contributed by atoms with van der Waals surface area (Å²) in [4.78, 5) is 8.35. The third kappa shape index (κ3) is 4.11. The van der Waals surface area contributed by atoms with Crippen molar-refractivity contribution in [3.8, 4) is 28.8 Å². The molecule has 0 fully saturated rings. The van der Waals surface area contributed by atoms with Crippen LogP contribution >= 0.6 is 0 Å². The van der Waals surface area contributed by atoms with Crippen molar-refractivity contribution >= 4 is 11.0 Å². The number of hydrogen-bond donors (Lipinski definition) is 1. The Morgan fingerprint density at radius 1 is 0.906 bits per heavy atom. The molecule has 0 unspecified atom stereocenters. The van der Waals surface area contributed by atoms with Crippen molar-refractivity contribution in [2.45, 2.75) is 6.61 Å². The van der Waals surface area contributed by atoms with Gasteiger partial charge in [0, 0.05) is 17.8 Å². The minimum absolute atomic E-state index is 0.0807. The Morgan fingerprint density at radius 2 is 1.72 bits per heavy atom. The van der Waals surface area contributed by atoms with Crippen LogP contribution in [-0.4, -0.2) is 20.2 Å². The van der Waals surface area contributed by atoms with Crippen LogP contribution < -0.4 is 9.47 Å². The molecule has 1 N–H and O–H groups in total. The quantitative estimate of drug-likeness (QED) is 0.376. The molecular formula is C24H16F2N4O2. The van der Waals surface area contributed by atoms with Crippen LogP contribution in [0.3, 0.4) is 0 Å². The minimum atomic E-state index is -0.839. The SMILES string of the molecule is Fc1ccc(Oc2ncc3c(-c4ccc(OCc5ccccc5)cc4)n[nH]c3n2)c(F)c1. The van der Waals surface area contributed by atoms with Gasteiger partial charge in [0.2, 0.25) is 0 Å². The van der Waals surface area contributed by atoms with Crippen molar-refractivity contribution in [2.75, 3.05) is 0 Å². The molecule has 3 aromatic carbocycles. The van der Waals surface area contributed by atoms with Gasteiger partial charge in [-0.05, 0) is 42.0 Å². The number of ether oxygens (including phenoxy) is 2. The van der Waals surface area contributed by atoms with Crippen LogP contribution in [0.4, 0.5) is 8.78 Å². The average molecular weight is 430 g/mol. The summed E-state index contributed by atoms with van der Waals surface area (Å²) in [5.74, 6) is -0.961. The highest BCUT2D eigenvalue weighted by Crippen LogP contribution is 2.29. The normalized spacial score (nSPS) is 10.9. The summed E-state index contributed by atoms with van der Waals surface area (Å²) in [6, 6.07) is 20.4. The molecule has 5 aromatic rings. The lowest BCUT2D eigenvalue weighted by Crippen LogP contribution is -1.95. The van der Waals surface area contributed by atoms with Crippen LogP contribution in [0.5, 0.6) is 17.5 Å². The van der Waals surface area contributed by atoms with E-state index in [9.17, 15) is 8.78 Å². The Kier molecular flexibility index (Phi) is 5.17. The number of aromatic nitrogens is 4. The molecule has 0 aliphatic rings. The molecule has 0 atom stereocenters. The summed E-state index contributed by atoms with van der Waals surface area (Å²) in [6.07, 6.45) is 1.54. The summed E-state index contributed by atoms with van der Waals surface area (Å²) in [5.41, 5.74) is 3.03. The van der Waals surface area contributed by atoms with Crippen LogP contribution in [-0.2, 0) is 6.61 Å². The summed E-state index contributed by atoms with van der Waals surface area (Å²) in [7, 11) is 0. The monoisotopic (exact) mass is 430 g/mol. The van der Waals surface area contributed by atoms with E-state index in [4.69, 9.17) is 9.47 Å². The molecule has 0 aliphatic carbocycles. The Labute approximate surface area is 181 Å². The van der Waals surface area contributed by atoms with Gasteiger partial charge in [-0.2, -0.15) is 10.1 Å². The van der Waals surface area contributed by atoms with E-state index in [1.807, 2.05) is 54.6 Å². The molecule has 8 heteroatoms. The topological polar surface area (TPSA) is 72.9 Å². The molecule has 0 saturated carbocycles. The highest BCUT2D eigenvalue weighted by Gasteiger charge is 2.13. The Balaban J connectivity index is 1.33. The van der Waals surface area contributed by atoms with E-state index < -0.39 is 11.6 Å². The van der Waals surface area contributed by atoms with Gasteiger partial charge in [-0.1, -0.05) is 30.3 Å². The van der Waals surface area contributed by atoms with E-state index in [1.54, 1.807) is 0 Å². The second kappa shape index (κ2) is 8.43. The van der Waals surface area contributed by atoms with Crippen LogP contribution in [0, 0.1) is 11.6 Å². The van der Waals surface area contributed by atoms with Gasteiger partial charge in [0.1, 0.15) is 23.9 Å². The Bertz CT molecular complexity index is 1370. The fraction of sp³-hybridized carbons (Fsp3) is 0.0417. The van der Waals surface area contributed by atoms with E-state index in [-0.39, 0.29) is 11.8 Å². The van der Waals surface area contributed by atoms with Gasteiger partial charge in [-0.15, -0.1) is 0 Å². The van der Waals surface area contributed by atoms with Gasteiger partial charge in [-0.25, -0.2) is 13.8 Å². The average Bonchev–Trinajstić information content (AvgIpc) is 3.24. The molecule has 0 radical (unpaired) electrons. The molecule has 0 amide bonds. The van der Waals surface area contributed by atoms with E-state index in [2.05, 4.69) is 20.2 Å². The fourth-order valence-electron chi connectivity index (χ4n) is 3.17. The zero-order chi connectivity index (χ0) is 21.9. The van der Waals surface area contributed by atoms with Crippen molar-refractivity contribution < 1.29 is 18.3 Å². The number of nitrogens with one attached hydrogen (secondary N) is 1. The van der Waals surface area contributed by atoms with Gasteiger partial charge in [-0.3, -0.25) is 5.10 Å². The van der Waals surface area contributed by atoms with Gasteiger partial charge in [0.25, 0.3) is 0 Å². The molecule has 5 rings (SSSR count). The predicted octanol–water partition coefficient (Wildman–Crippen LogP) is 5.67. The lowest BCUT2D eigenvalue weighted by Gasteiger charge is -2.07. The van der Waals surface area contributed by atoms with E-state index in [0.717, 1.165) is 29.0 Å². The summed E-state index contributed by atoms with van der Waals surface area (Å²) in [6.45, 7) is 0.483. The summed E-state index contributed by atoms with van der Waals surface area (Å²) in [5, 5.41) is 7.83. The smallest absolute Gasteiger partial charge is 0.324 e. The largest absolute Gasteiger partial charge is 0.489 e. The molecular weight excluding hydrogens is 414 g/mol. The van der Waals surface area contributed by atoms with Crippen molar-refractivity contribution in [2.24, 2.45) is 0 Å². The summed E-state index contributed by atoms with van der Waals surface area (Å²) < 4.78 is 38.0. The van der Waals surface area contributed by atoms with Crippen LogP contribution in [0.1, 0.15) is 5.56 Å². The molecule has 32 heavy (non-hydrogen) atoms. The van der Waals surface area contributed by atoms with Crippen molar-refractivity contribution in [3.05, 3.63) is 96.2 Å². The Morgan fingerprint density at radius 3 is 2.50 bits per heavy atom. The molecule has 0 aliphatic heterocycles. The highest BCUT2D eigenvalue weighted by atomic mass is 19.1. The second-order valence-corrected chi connectivity index (χ2v) is 6.96. The lowest BCUT2D eigenvalue weighted by molar-refractivity contribution is 0.306. The fourth-order valence-corrected chi connectivity index (χ4v) is 3.17. The minimum Gasteiger partial charge on any atom is -0.489 e. The number of H-pyrrole nitrogens is 1. The number of hydrogen-bond acceptors (Lipinski definition) is 5. The van der Waals surface area contributed by atoms with Crippen molar-refractivity contribution in [3.63, 3.8) is 0 Å². The van der Waals surface area contributed by atoms with Crippen LogP contribution in [0.2, 0.25) is 0 Å². The predicted molar refractivity (Wildman–Crippen MR) is 114 cm³/mol. The maximum Gasteiger partial charge on any atom is 0.324 e. The van der Waals surface area contributed by atoms with E-state index in [1.165, 1.54) is 12.3 Å². The number of nitrogens with zero attached hydrogens (tertiary/aromatic N) is 3. The number of aromatic amines is 1. The first-order valence-electron chi connectivity index (χ1n) is 9.77. The molecule has 0 bridgehead atoms. The van der Waals surface area contributed by atoms with Gasteiger partial charge < -0.3 is 9.47 Å². The molecule has 0 saturated heterocycles. The third-order valence-electron chi connectivity index (χ3n) is 4.77. The molecule has 2 heterocycles. The zero-order valence-corrected chi connectivity index (χ0v) is 16.6. The van der Waals surface area contributed by atoms with Crippen LogP contribution in [0.25, 0.3) is 22.3 Å². The summed E-state index contributed by atoms with van der Waals surface area (Å²) >= 11 is 0. The first kappa shape index (κ1) is 19.6.